The molecule has 1 saturated heterocycles. The predicted molar refractivity (Wildman–Crippen MR) is 107 cm³/mol. The molecule has 3 nitrogen and oxygen atoms in total. The third kappa shape index (κ3) is 4.20. The van der Waals surface area contributed by atoms with Crippen LogP contribution in [-0.2, 0) is 0 Å². The van der Waals surface area contributed by atoms with Crippen LogP contribution in [-0.4, -0.2) is 63.0 Å². The van der Waals surface area contributed by atoms with E-state index < -0.39 is 37.1 Å². The fourth-order valence-corrected chi connectivity index (χ4v) is 33.9. The summed E-state index contributed by atoms with van der Waals surface area (Å²) in [6, 6.07) is 0. The number of hydrogen-bond acceptors (Lipinski definition) is 3. The van der Waals surface area contributed by atoms with Gasteiger partial charge in [0.2, 0.25) is 0 Å². The quantitative estimate of drug-likeness (QED) is 0.588. The Morgan fingerprint density at radius 3 is 1.18 bits per heavy atom. The molecule has 1 radical (unpaired) electrons. The first-order valence-electron chi connectivity index (χ1n) is 8.66. The molecule has 0 aromatic heterocycles. The zero-order chi connectivity index (χ0) is 17.9. The summed E-state index contributed by atoms with van der Waals surface area (Å²) in [5, 5.41) is 0. The van der Waals surface area contributed by atoms with Crippen LogP contribution < -0.4 is 0 Å². The van der Waals surface area contributed by atoms with E-state index in [1.807, 2.05) is 0 Å². The molecule has 0 amide bonds. The summed E-state index contributed by atoms with van der Waals surface area (Å²) in [5.74, 6) is 0. The van der Waals surface area contributed by atoms with Crippen LogP contribution in [0.4, 0.5) is 0 Å². The average Bonchev–Trinajstić information content (AvgIpc) is 2.05. The molecule has 1 heterocycles. The topological polar surface area (TPSA) is 9.72 Å². The maximum atomic E-state index is 3.15. The minimum atomic E-state index is -2.00. The van der Waals surface area contributed by atoms with Crippen molar-refractivity contribution in [3.63, 3.8) is 0 Å². The first-order chi connectivity index (χ1) is 9.40. The molecule has 1 rings (SSSR count). The Labute approximate surface area is 150 Å². The van der Waals surface area contributed by atoms with Crippen LogP contribution >= 0.6 is 0 Å². The van der Waals surface area contributed by atoms with Crippen LogP contribution in [0.25, 0.3) is 0 Å². The molecule has 1 aliphatic rings. The first kappa shape index (κ1) is 21.2. The van der Waals surface area contributed by atoms with Crippen molar-refractivity contribution in [2.45, 2.75) is 105 Å². The summed E-state index contributed by atoms with van der Waals surface area (Å²) < 4.78 is 9.01. The van der Waals surface area contributed by atoms with Gasteiger partial charge in [0.1, 0.15) is 0 Å². The van der Waals surface area contributed by atoms with Crippen LogP contribution in [0.5, 0.6) is 0 Å². The molecule has 1 aliphatic heterocycles. The van der Waals surface area contributed by atoms with Gasteiger partial charge in [0.05, 0.1) is 0 Å². The summed E-state index contributed by atoms with van der Waals surface area (Å²) in [5.41, 5.74) is 0.570. The molecule has 131 valence electrons. The SMILES string of the molecule is CC1[N](C(C)(C)C)[Sn]([N]([Si](C)(C)C)[Si](C)(C)C)[N]1C(C)(C)C. The molecule has 22 heavy (non-hydrogen) atoms. The van der Waals surface area contributed by atoms with Gasteiger partial charge in [-0.2, -0.15) is 0 Å². The van der Waals surface area contributed by atoms with Crippen LogP contribution in [0.1, 0.15) is 48.5 Å². The number of rotatable bonds is 3. The van der Waals surface area contributed by atoms with Crippen molar-refractivity contribution in [2.24, 2.45) is 0 Å². The van der Waals surface area contributed by atoms with Gasteiger partial charge in [0, 0.05) is 0 Å². The van der Waals surface area contributed by atoms with Gasteiger partial charge in [0.15, 0.2) is 0 Å². The van der Waals surface area contributed by atoms with Gasteiger partial charge in [-0.05, 0) is 0 Å². The molecule has 6 heteroatoms. The van der Waals surface area contributed by atoms with Crippen LogP contribution in [0.2, 0.25) is 39.3 Å². The van der Waals surface area contributed by atoms with Gasteiger partial charge in [-0.3, -0.25) is 0 Å². The van der Waals surface area contributed by atoms with Gasteiger partial charge >= 0.3 is 151 Å². The second-order valence-electron chi connectivity index (χ2n) is 10.7. The maximum absolute atomic E-state index is 3.15. The van der Waals surface area contributed by atoms with E-state index in [2.05, 4.69) is 96.4 Å². The molecule has 0 bridgehead atoms. The monoisotopic (exact) mass is 450 g/mol. The molecule has 1 fully saturated rings. The third-order valence-corrected chi connectivity index (χ3v) is 34.6. The average molecular weight is 449 g/mol. The molecular weight excluding hydrogens is 409 g/mol. The van der Waals surface area contributed by atoms with Crippen molar-refractivity contribution in [2.75, 3.05) is 0 Å². The molecule has 0 aromatic carbocycles. The molecule has 0 aromatic rings. The minimum absolute atomic E-state index is 0.285. The summed E-state index contributed by atoms with van der Waals surface area (Å²) in [7, 11) is -2.65. The first-order valence-corrected chi connectivity index (χ1v) is 19.4. The summed E-state index contributed by atoms with van der Waals surface area (Å²) in [6.45, 7) is 32.3. The van der Waals surface area contributed by atoms with Gasteiger partial charge < -0.3 is 0 Å². The molecule has 0 aliphatic carbocycles. The van der Waals surface area contributed by atoms with Crippen molar-refractivity contribution < 1.29 is 0 Å². The fourth-order valence-electron chi connectivity index (χ4n) is 4.05. The third-order valence-electron chi connectivity index (χ3n) is 4.17. The van der Waals surface area contributed by atoms with Crippen LogP contribution in [0, 0.1) is 0 Å². The Morgan fingerprint density at radius 1 is 0.727 bits per heavy atom. The van der Waals surface area contributed by atoms with E-state index in [9.17, 15) is 0 Å². The van der Waals surface area contributed by atoms with Crippen molar-refractivity contribution in [3.05, 3.63) is 0 Å². The van der Waals surface area contributed by atoms with Gasteiger partial charge in [-0.1, -0.05) is 0 Å². The molecule has 0 saturated carbocycles. The van der Waals surface area contributed by atoms with Crippen molar-refractivity contribution in [1.82, 2.24) is 8.70 Å². The normalized spacial score (nSPS) is 21.5. The standard InChI is InChI=1S/C10H22N2.C6H18NSi2.Sn/c1-8(11-9(2,3)4)12-10(5,6)7;1-8(2,3)7-9(4,5)6;/h8H,1-7H3;1-6H3;/q-2;-1;+3. The molecular formula is C16H40N3Si2Sn. The summed E-state index contributed by atoms with van der Waals surface area (Å²) >= 11 is -2.00. The Kier molecular flexibility index (Phi) is 5.89. The van der Waals surface area contributed by atoms with E-state index in [0.29, 0.717) is 6.17 Å². The van der Waals surface area contributed by atoms with E-state index in [1.165, 1.54) is 0 Å². The van der Waals surface area contributed by atoms with E-state index >= 15 is 0 Å². The van der Waals surface area contributed by atoms with Crippen molar-refractivity contribution >= 4 is 37.1 Å². The van der Waals surface area contributed by atoms with E-state index in [-0.39, 0.29) is 11.1 Å². The fraction of sp³-hybridized carbons (Fsp3) is 1.00. The zero-order valence-corrected chi connectivity index (χ0v) is 22.3. The van der Waals surface area contributed by atoms with E-state index in [4.69, 9.17) is 0 Å². The molecule has 0 unspecified atom stereocenters. The Hall–Kier alpha value is 1.11. The Balaban J connectivity index is 3.39. The van der Waals surface area contributed by atoms with Gasteiger partial charge in [-0.25, -0.2) is 0 Å². The second kappa shape index (κ2) is 6.13. The van der Waals surface area contributed by atoms with Crippen molar-refractivity contribution in [1.29, 1.82) is 0 Å². The van der Waals surface area contributed by atoms with Crippen molar-refractivity contribution in [3.8, 4) is 0 Å². The second-order valence-corrected chi connectivity index (χ2v) is 29.0. The number of hydrogen-bond donors (Lipinski definition) is 0. The van der Waals surface area contributed by atoms with E-state index in [1.54, 1.807) is 0 Å². The summed E-state index contributed by atoms with van der Waals surface area (Å²) in [6.07, 6.45) is 0.588. The molecule has 0 spiro atoms. The van der Waals surface area contributed by atoms with Gasteiger partial charge in [0.25, 0.3) is 0 Å². The molecule has 0 atom stereocenters. The summed E-state index contributed by atoms with van der Waals surface area (Å²) in [4.78, 5) is 0. The van der Waals surface area contributed by atoms with E-state index in [0.717, 1.165) is 0 Å². The zero-order valence-electron chi connectivity index (χ0n) is 17.4. The molecule has 0 N–H and O–H groups in total. The predicted octanol–water partition coefficient (Wildman–Crippen LogP) is 4.50. The van der Waals surface area contributed by atoms with Crippen LogP contribution in [0.3, 0.4) is 0 Å². The Bertz CT molecular complexity index is 366. The van der Waals surface area contributed by atoms with Gasteiger partial charge in [-0.15, -0.1) is 0 Å². The number of nitrogens with zero attached hydrogens (tertiary/aromatic N) is 3. The van der Waals surface area contributed by atoms with Crippen LogP contribution in [0.15, 0.2) is 0 Å². The Morgan fingerprint density at radius 2 is 1.00 bits per heavy atom.